The van der Waals surface area contributed by atoms with Crippen molar-refractivity contribution >= 4 is 39.9 Å². The molecule has 7 nitrogen and oxygen atoms in total. The highest BCUT2D eigenvalue weighted by Crippen LogP contribution is 2.43. The first-order valence-corrected chi connectivity index (χ1v) is 11.9. The third-order valence-corrected chi connectivity index (χ3v) is 7.32. The number of rotatable bonds is 7. The molecule has 0 bridgehead atoms. The highest BCUT2D eigenvalue weighted by molar-refractivity contribution is 8.00. The first kappa shape index (κ1) is 22.1. The van der Waals surface area contributed by atoms with Crippen molar-refractivity contribution in [1.29, 1.82) is 0 Å². The highest BCUT2D eigenvalue weighted by atomic mass is 32.2. The Morgan fingerprint density at radius 1 is 1.09 bits per heavy atom. The van der Waals surface area contributed by atoms with Gasteiger partial charge in [-0.15, -0.1) is 10.2 Å². The van der Waals surface area contributed by atoms with Gasteiger partial charge in [-0.3, -0.25) is 14.5 Å². The van der Waals surface area contributed by atoms with Gasteiger partial charge in [0.1, 0.15) is 5.82 Å². The number of Topliss-reactive ketones (excluding diaryl/α,β-unsaturated/α-hetero) is 1. The summed E-state index contributed by atoms with van der Waals surface area (Å²) in [5, 5.41) is 19.3. The van der Waals surface area contributed by atoms with Gasteiger partial charge in [0, 0.05) is 5.75 Å². The Hall–Kier alpha value is -3.76. The van der Waals surface area contributed by atoms with E-state index in [1.165, 1.54) is 52.5 Å². The molecular formula is C24H16FN3O4S2. The lowest BCUT2D eigenvalue weighted by Gasteiger charge is -2.23. The van der Waals surface area contributed by atoms with E-state index in [1.807, 2.05) is 6.07 Å². The fraction of sp³-hybridized carbons (Fsp3) is 0.0833. The van der Waals surface area contributed by atoms with Gasteiger partial charge in [-0.25, -0.2) is 4.39 Å². The summed E-state index contributed by atoms with van der Waals surface area (Å²) in [5.74, 6) is -1.72. The fourth-order valence-corrected chi connectivity index (χ4v) is 5.43. The van der Waals surface area contributed by atoms with Gasteiger partial charge in [-0.1, -0.05) is 65.6 Å². The van der Waals surface area contributed by atoms with E-state index in [1.54, 1.807) is 42.5 Å². The lowest BCUT2D eigenvalue weighted by Crippen LogP contribution is -2.31. The van der Waals surface area contributed by atoms with Crippen LogP contribution in [0.2, 0.25) is 0 Å². The number of thioether (sulfide) groups is 1. The zero-order chi connectivity index (χ0) is 23.7. The molecule has 34 heavy (non-hydrogen) atoms. The van der Waals surface area contributed by atoms with Crippen molar-refractivity contribution < 1.29 is 23.5 Å². The maximum Gasteiger partial charge on any atom is 0.296 e. The van der Waals surface area contributed by atoms with E-state index in [2.05, 4.69) is 10.2 Å². The number of amides is 1. The van der Waals surface area contributed by atoms with Gasteiger partial charge in [-0.2, -0.15) is 0 Å². The topological polar surface area (TPSA) is 96.5 Å². The molecule has 4 aromatic rings. The molecule has 1 N–H and O–H groups in total. The Bertz CT molecular complexity index is 1370. The summed E-state index contributed by atoms with van der Waals surface area (Å²) in [7, 11) is 0. The first-order chi connectivity index (χ1) is 16.5. The number of hydrogen-bond acceptors (Lipinski definition) is 8. The summed E-state index contributed by atoms with van der Waals surface area (Å²) in [5.41, 5.74) is 1.46. The zero-order valence-corrected chi connectivity index (χ0v) is 19.1. The number of carbonyl (C=O) groups excluding carboxylic acids is 2. The van der Waals surface area contributed by atoms with Gasteiger partial charge >= 0.3 is 0 Å². The summed E-state index contributed by atoms with van der Waals surface area (Å²) >= 11 is 2.56. The summed E-state index contributed by atoms with van der Waals surface area (Å²) in [6.07, 6.45) is 1.35. The second kappa shape index (κ2) is 9.24. The third-order valence-electron chi connectivity index (χ3n) is 5.19. The average Bonchev–Trinajstić information content (AvgIpc) is 3.60. The van der Waals surface area contributed by atoms with Crippen LogP contribution in [0.25, 0.3) is 0 Å². The minimum absolute atomic E-state index is 0.0185. The molecular weight excluding hydrogens is 477 g/mol. The van der Waals surface area contributed by atoms with Crippen LogP contribution in [0.5, 0.6) is 0 Å². The number of benzene rings is 2. The van der Waals surface area contributed by atoms with Gasteiger partial charge in [0.05, 0.1) is 17.9 Å². The lowest BCUT2D eigenvalue weighted by atomic mass is 9.95. The van der Waals surface area contributed by atoms with Crippen LogP contribution in [-0.4, -0.2) is 27.0 Å². The Morgan fingerprint density at radius 3 is 2.56 bits per heavy atom. The summed E-state index contributed by atoms with van der Waals surface area (Å²) in [6, 6.07) is 17.2. The summed E-state index contributed by atoms with van der Waals surface area (Å²) < 4.78 is 18.9. The minimum atomic E-state index is -0.894. The summed E-state index contributed by atoms with van der Waals surface area (Å²) in [4.78, 5) is 27.6. The van der Waals surface area contributed by atoms with E-state index < -0.39 is 23.5 Å². The molecule has 1 aliphatic rings. The van der Waals surface area contributed by atoms with Gasteiger partial charge < -0.3 is 9.52 Å². The van der Waals surface area contributed by atoms with Crippen molar-refractivity contribution in [2.24, 2.45) is 0 Å². The zero-order valence-electron chi connectivity index (χ0n) is 17.4. The Balaban J connectivity index is 1.46. The van der Waals surface area contributed by atoms with Crippen LogP contribution in [0.15, 0.2) is 93.1 Å². The number of aliphatic hydroxyl groups is 1. The molecule has 0 radical (unpaired) electrons. The smallest absolute Gasteiger partial charge is 0.296 e. The molecule has 0 saturated carbocycles. The molecule has 170 valence electrons. The van der Waals surface area contributed by atoms with Crippen molar-refractivity contribution in [2.75, 3.05) is 4.90 Å². The quantitative estimate of drug-likeness (QED) is 0.211. The van der Waals surface area contributed by atoms with Crippen molar-refractivity contribution in [3.05, 3.63) is 107 Å². The predicted molar refractivity (Wildman–Crippen MR) is 125 cm³/mol. The molecule has 1 amide bonds. The molecule has 0 spiro atoms. The normalized spacial score (nSPS) is 15.9. The van der Waals surface area contributed by atoms with Crippen molar-refractivity contribution in [3.8, 4) is 0 Å². The molecule has 5 rings (SSSR count). The molecule has 3 heterocycles. The number of halogens is 1. The second-order valence-corrected chi connectivity index (χ2v) is 9.50. The van der Waals surface area contributed by atoms with Gasteiger partial charge in [0.2, 0.25) is 10.9 Å². The largest absolute Gasteiger partial charge is 0.503 e. The van der Waals surface area contributed by atoms with Crippen LogP contribution >= 0.6 is 23.1 Å². The molecule has 0 unspecified atom stereocenters. The van der Waals surface area contributed by atoms with Crippen LogP contribution in [0.3, 0.4) is 0 Å². The molecule has 0 aliphatic carbocycles. The average molecular weight is 494 g/mol. The number of ketones is 1. The van der Waals surface area contributed by atoms with E-state index in [0.29, 0.717) is 15.7 Å². The molecule has 2 aromatic heterocycles. The van der Waals surface area contributed by atoms with E-state index >= 15 is 0 Å². The number of aliphatic hydroxyl groups excluding tert-OH is 1. The van der Waals surface area contributed by atoms with Gasteiger partial charge in [0.15, 0.2) is 15.9 Å². The molecule has 1 atom stereocenters. The second-order valence-electron chi connectivity index (χ2n) is 7.32. The van der Waals surface area contributed by atoms with Crippen LogP contribution in [0.4, 0.5) is 9.52 Å². The van der Waals surface area contributed by atoms with Crippen LogP contribution in [0, 0.1) is 5.82 Å². The Kier molecular flexibility index (Phi) is 5.99. The number of carbonyl (C=O) groups is 2. The van der Waals surface area contributed by atoms with Gasteiger partial charge in [-0.05, 0) is 35.4 Å². The fourth-order valence-electron chi connectivity index (χ4n) is 3.61. The minimum Gasteiger partial charge on any atom is -0.503 e. The number of hydrogen-bond donors (Lipinski definition) is 1. The third kappa shape index (κ3) is 4.13. The first-order valence-electron chi connectivity index (χ1n) is 10.1. The van der Waals surface area contributed by atoms with Crippen molar-refractivity contribution in [3.63, 3.8) is 0 Å². The number of furan rings is 1. The SMILES string of the molecule is O=C(C1=C(O)C(=O)N(c2nnc(SCc3ccc(F)cc3)s2)[C@@H]1c1ccccc1)c1ccco1. The van der Waals surface area contributed by atoms with E-state index in [4.69, 9.17) is 4.42 Å². The number of nitrogens with zero attached hydrogens (tertiary/aromatic N) is 3. The van der Waals surface area contributed by atoms with Crippen LogP contribution in [-0.2, 0) is 10.5 Å². The van der Waals surface area contributed by atoms with Gasteiger partial charge in [0.25, 0.3) is 5.91 Å². The monoisotopic (exact) mass is 493 g/mol. The van der Waals surface area contributed by atoms with Crippen molar-refractivity contribution in [1.82, 2.24) is 10.2 Å². The molecule has 10 heteroatoms. The molecule has 0 fully saturated rings. The summed E-state index contributed by atoms with van der Waals surface area (Å²) in [6.45, 7) is 0. The van der Waals surface area contributed by atoms with Crippen LogP contribution < -0.4 is 4.90 Å². The van der Waals surface area contributed by atoms with Crippen molar-refractivity contribution in [2.45, 2.75) is 16.1 Å². The predicted octanol–water partition coefficient (Wildman–Crippen LogP) is 5.35. The molecule has 0 saturated heterocycles. The van der Waals surface area contributed by atoms with Crippen LogP contribution in [0.1, 0.15) is 27.7 Å². The van der Waals surface area contributed by atoms with E-state index in [9.17, 15) is 19.1 Å². The Labute approximate surface area is 201 Å². The molecule has 1 aliphatic heterocycles. The van der Waals surface area contributed by atoms with E-state index in [-0.39, 0.29) is 22.3 Å². The van der Waals surface area contributed by atoms with E-state index in [0.717, 1.165) is 5.56 Å². The number of anilines is 1. The lowest BCUT2D eigenvalue weighted by molar-refractivity contribution is -0.117. The maximum atomic E-state index is 13.2. The number of aromatic nitrogens is 2. The maximum absolute atomic E-state index is 13.2. The standard InChI is InChI=1S/C24H16FN3O4S2/c25-16-10-8-14(9-11-16)13-33-24-27-26-23(34-24)28-19(15-5-2-1-3-6-15)18(21(30)22(28)31)20(29)17-7-4-12-32-17/h1-12,19,30H,13H2/t19-/m1/s1. The molecule has 2 aromatic carbocycles. The highest BCUT2D eigenvalue weighted by Gasteiger charge is 2.46. The Morgan fingerprint density at radius 2 is 1.85 bits per heavy atom.